The van der Waals surface area contributed by atoms with Crippen molar-refractivity contribution in [3.05, 3.63) is 70.2 Å². The van der Waals surface area contributed by atoms with Crippen molar-refractivity contribution in [1.29, 1.82) is 0 Å². The molecule has 1 fully saturated rings. The smallest absolute Gasteiger partial charge is 0.251 e. The third-order valence-electron chi connectivity index (χ3n) is 4.96. The first kappa shape index (κ1) is 20.7. The second-order valence-corrected chi connectivity index (χ2v) is 8.49. The van der Waals surface area contributed by atoms with Gasteiger partial charge in [-0.1, -0.05) is 41.9 Å². The lowest BCUT2D eigenvalue weighted by atomic mass is 10.0. The molecule has 1 N–H and O–H groups in total. The summed E-state index contributed by atoms with van der Waals surface area (Å²) in [6.45, 7) is 3.32. The molecule has 1 aliphatic heterocycles. The van der Waals surface area contributed by atoms with E-state index in [1.165, 1.54) is 0 Å². The Labute approximate surface area is 175 Å². The SMILES string of the molecule is Cc1ccccc1C(=O)NC1CCN(C(=O)CSCc2cccc(Cl)c2)CC1. The van der Waals surface area contributed by atoms with Crippen LogP contribution in [0.1, 0.15) is 34.3 Å². The largest absolute Gasteiger partial charge is 0.349 e. The van der Waals surface area contributed by atoms with Gasteiger partial charge in [0.05, 0.1) is 5.75 Å². The van der Waals surface area contributed by atoms with Crippen LogP contribution in [0.3, 0.4) is 0 Å². The molecular weight excluding hydrogens is 392 g/mol. The zero-order valence-electron chi connectivity index (χ0n) is 16.0. The van der Waals surface area contributed by atoms with Crippen LogP contribution in [0, 0.1) is 6.92 Å². The number of hydrogen-bond acceptors (Lipinski definition) is 3. The van der Waals surface area contributed by atoms with Gasteiger partial charge in [-0.2, -0.15) is 0 Å². The lowest BCUT2D eigenvalue weighted by molar-refractivity contribution is -0.129. The van der Waals surface area contributed by atoms with E-state index < -0.39 is 0 Å². The Balaban J connectivity index is 1.40. The number of halogens is 1. The van der Waals surface area contributed by atoms with Crippen molar-refractivity contribution in [1.82, 2.24) is 10.2 Å². The van der Waals surface area contributed by atoms with Gasteiger partial charge in [0.25, 0.3) is 5.91 Å². The van der Waals surface area contributed by atoms with E-state index in [-0.39, 0.29) is 17.9 Å². The number of benzene rings is 2. The van der Waals surface area contributed by atoms with Crippen molar-refractivity contribution in [3.63, 3.8) is 0 Å². The molecule has 3 rings (SSSR count). The Morgan fingerprint density at radius 2 is 1.89 bits per heavy atom. The van der Waals surface area contributed by atoms with E-state index >= 15 is 0 Å². The minimum atomic E-state index is -0.0278. The molecule has 0 aromatic heterocycles. The molecular formula is C22H25ClN2O2S. The quantitative estimate of drug-likeness (QED) is 0.763. The average Bonchev–Trinajstić information content (AvgIpc) is 2.69. The molecule has 2 aromatic carbocycles. The summed E-state index contributed by atoms with van der Waals surface area (Å²) < 4.78 is 0. The van der Waals surface area contributed by atoms with Crippen LogP contribution >= 0.6 is 23.4 Å². The van der Waals surface area contributed by atoms with Gasteiger partial charge in [0.2, 0.25) is 5.91 Å². The van der Waals surface area contributed by atoms with E-state index in [2.05, 4.69) is 5.32 Å². The van der Waals surface area contributed by atoms with E-state index in [9.17, 15) is 9.59 Å². The van der Waals surface area contributed by atoms with E-state index in [1.54, 1.807) is 11.8 Å². The maximum Gasteiger partial charge on any atom is 0.251 e. The summed E-state index contributed by atoms with van der Waals surface area (Å²) in [4.78, 5) is 26.8. The van der Waals surface area contributed by atoms with Gasteiger partial charge in [-0.25, -0.2) is 0 Å². The summed E-state index contributed by atoms with van der Waals surface area (Å²) >= 11 is 7.60. The monoisotopic (exact) mass is 416 g/mol. The van der Waals surface area contributed by atoms with E-state index in [4.69, 9.17) is 11.6 Å². The lowest BCUT2D eigenvalue weighted by Gasteiger charge is -2.32. The number of nitrogens with zero attached hydrogens (tertiary/aromatic N) is 1. The van der Waals surface area contributed by atoms with Crippen molar-refractivity contribution in [2.45, 2.75) is 31.6 Å². The first-order valence-corrected chi connectivity index (χ1v) is 11.0. The van der Waals surface area contributed by atoms with Crippen LogP contribution in [0.15, 0.2) is 48.5 Å². The molecule has 148 valence electrons. The number of hydrogen-bond donors (Lipinski definition) is 1. The molecule has 1 saturated heterocycles. The standard InChI is InChI=1S/C22H25ClN2O2S/c1-16-5-2-3-8-20(16)22(27)24-19-9-11-25(12-10-19)21(26)15-28-14-17-6-4-7-18(23)13-17/h2-8,13,19H,9-12,14-15H2,1H3,(H,24,27). The van der Waals surface area contributed by atoms with Crippen LogP contribution in [0.2, 0.25) is 5.02 Å². The first-order valence-electron chi connectivity index (χ1n) is 9.49. The Kier molecular flexibility index (Phi) is 7.40. The number of thioether (sulfide) groups is 1. The predicted molar refractivity (Wildman–Crippen MR) is 116 cm³/mol. The highest BCUT2D eigenvalue weighted by molar-refractivity contribution is 7.99. The third kappa shape index (κ3) is 5.76. The van der Waals surface area contributed by atoms with Gasteiger partial charge in [-0.3, -0.25) is 9.59 Å². The van der Waals surface area contributed by atoms with Gasteiger partial charge in [0, 0.05) is 35.5 Å². The number of likely N-dealkylation sites (tertiary alicyclic amines) is 1. The number of carbonyl (C=O) groups is 2. The lowest BCUT2D eigenvalue weighted by Crippen LogP contribution is -2.47. The zero-order valence-corrected chi connectivity index (χ0v) is 17.6. The molecule has 0 atom stereocenters. The van der Waals surface area contributed by atoms with E-state index in [0.717, 1.165) is 40.3 Å². The molecule has 0 bridgehead atoms. The fourth-order valence-corrected chi connectivity index (χ4v) is 4.43. The normalized spacial score (nSPS) is 14.7. The highest BCUT2D eigenvalue weighted by Crippen LogP contribution is 2.18. The summed E-state index contributed by atoms with van der Waals surface area (Å²) in [5.74, 6) is 1.37. The predicted octanol–water partition coefficient (Wildman–Crippen LogP) is 4.30. The fourth-order valence-electron chi connectivity index (χ4n) is 3.34. The van der Waals surface area contributed by atoms with Crippen LogP contribution in [0.25, 0.3) is 0 Å². The summed E-state index contributed by atoms with van der Waals surface area (Å²) in [5.41, 5.74) is 2.82. The summed E-state index contributed by atoms with van der Waals surface area (Å²) in [7, 11) is 0. The van der Waals surface area contributed by atoms with Crippen LogP contribution in [0.5, 0.6) is 0 Å². The number of piperidine rings is 1. The maximum atomic E-state index is 12.4. The number of aryl methyl sites for hydroxylation is 1. The van der Waals surface area contributed by atoms with Gasteiger partial charge in [-0.05, 0) is 49.1 Å². The summed E-state index contributed by atoms with van der Waals surface area (Å²) in [5, 5.41) is 3.83. The Morgan fingerprint density at radius 1 is 1.14 bits per heavy atom. The van der Waals surface area contributed by atoms with Gasteiger partial charge in [0.15, 0.2) is 0 Å². The molecule has 0 unspecified atom stereocenters. The minimum Gasteiger partial charge on any atom is -0.349 e. The molecule has 0 spiro atoms. The second-order valence-electron chi connectivity index (χ2n) is 7.07. The second kappa shape index (κ2) is 9.99. The van der Waals surface area contributed by atoms with Gasteiger partial charge in [0.1, 0.15) is 0 Å². The topological polar surface area (TPSA) is 49.4 Å². The average molecular weight is 417 g/mol. The molecule has 1 aliphatic rings. The van der Waals surface area contributed by atoms with Crippen molar-refractivity contribution in [3.8, 4) is 0 Å². The van der Waals surface area contributed by atoms with Crippen molar-refractivity contribution < 1.29 is 9.59 Å². The maximum absolute atomic E-state index is 12.4. The van der Waals surface area contributed by atoms with Gasteiger partial charge in [-0.15, -0.1) is 11.8 Å². The Morgan fingerprint density at radius 3 is 2.61 bits per heavy atom. The minimum absolute atomic E-state index is 0.0278. The van der Waals surface area contributed by atoms with Crippen LogP contribution < -0.4 is 5.32 Å². The zero-order chi connectivity index (χ0) is 19.9. The van der Waals surface area contributed by atoms with E-state index in [0.29, 0.717) is 18.8 Å². The van der Waals surface area contributed by atoms with Gasteiger partial charge >= 0.3 is 0 Å². The number of nitrogens with one attached hydrogen (secondary N) is 1. The highest BCUT2D eigenvalue weighted by atomic mass is 35.5. The van der Waals surface area contributed by atoms with Crippen molar-refractivity contribution in [2.24, 2.45) is 0 Å². The number of carbonyl (C=O) groups excluding carboxylic acids is 2. The highest BCUT2D eigenvalue weighted by Gasteiger charge is 2.24. The molecule has 2 amide bonds. The third-order valence-corrected chi connectivity index (χ3v) is 6.18. The molecule has 1 heterocycles. The number of amides is 2. The number of rotatable bonds is 6. The molecule has 28 heavy (non-hydrogen) atoms. The first-order chi connectivity index (χ1) is 13.5. The molecule has 4 nitrogen and oxygen atoms in total. The van der Waals surface area contributed by atoms with Crippen LogP contribution in [-0.2, 0) is 10.5 Å². The van der Waals surface area contributed by atoms with E-state index in [1.807, 2.05) is 60.4 Å². The van der Waals surface area contributed by atoms with Crippen LogP contribution in [-0.4, -0.2) is 41.6 Å². The molecule has 6 heteroatoms. The van der Waals surface area contributed by atoms with Crippen LogP contribution in [0.4, 0.5) is 0 Å². The molecule has 0 aliphatic carbocycles. The Bertz CT molecular complexity index is 835. The van der Waals surface area contributed by atoms with Crippen molar-refractivity contribution in [2.75, 3.05) is 18.8 Å². The summed E-state index contributed by atoms with van der Waals surface area (Å²) in [6.07, 6.45) is 1.59. The Hall–Kier alpha value is -1.98. The molecule has 2 aromatic rings. The fraction of sp³-hybridized carbons (Fsp3) is 0.364. The van der Waals surface area contributed by atoms with Crippen molar-refractivity contribution >= 4 is 35.2 Å². The molecule has 0 saturated carbocycles. The summed E-state index contributed by atoms with van der Waals surface area (Å²) in [6, 6.07) is 15.4. The van der Waals surface area contributed by atoms with Gasteiger partial charge < -0.3 is 10.2 Å². The molecule has 0 radical (unpaired) electrons.